The molecule has 2 aromatic heterocycles. The Bertz CT molecular complexity index is 2140. The highest BCUT2D eigenvalue weighted by Gasteiger charge is 2.25. The molecule has 0 saturated heterocycles. The van der Waals surface area contributed by atoms with E-state index in [2.05, 4.69) is 17.3 Å². The average Bonchev–Trinajstić information content (AvgIpc) is 3.66. The van der Waals surface area contributed by atoms with Gasteiger partial charge in [-0.1, -0.05) is 92.4 Å². The van der Waals surface area contributed by atoms with Gasteiger partial charge in [0.05, 0.1) is 33.4 Å². The molecule has 2 heterocycles. The van der Waals surface area contributed by atoms with Gasteiger partial charge in [0, 0.05) is 24.1 Å². The largest absolute Gasteiger partial charge is 0.458 e. The molecule has 2 N–H and O–H groups in total. The van der Waals surface area contributed by atoms with E-state index in [1.807, 2.05) is 11.6 Å². The molecule has 0 bridgehead atoms. The zero-order valence-corrected chi connectivity index (χ0v) is 29.2. The lowest BCUT2D eigenvalue weighted by molar-refractivity contribution is -0.116. The van der Waals surface area contributed by atoms with Crippen molar-refractivity contribution in [1.82, 2.24) is 19.1 Å². The van der Waals surface area contributed by atoms with Crippen LogP contribution in [0.1, 0.15) is 67.9 Å². The van der Waals surface area contributed by atoms with E-state index in [-0.39, 0.29) is 28.1 Å². The highest BCUT2D eigenvalue weighted by atomic mass is 35.5. The number of aromatic nitrogens is 3. The quantitative estimate of drug-likeness (QED) is 0.123. The van der Waals surface area contributed by atoms with Gasteiger partial charge in [-0.25, -0.2) is 17.9 Å². The van der Waals surface area contributed by atoms with Crippen molar-refractivity contribution in [3.63, 3.8) is 0 Å². The smallest absolute Gasteiger partial charge is 0.351 e. The van der Waals surface area contributed by atoms with Gasteiger partial charge in [0.15, 0.2) is 0 Å². The number of hydrogen-bond donors (Lipinski definition) is 2. The van der Waals surface area contributed by atoms with Gasteiger partial charge in [-0.05, 0) is 54.3 Å². The molecule has 11 nitrogen and oxygen atoms in total. The molecular formula is C35H35Cl2N5O6S. The maximum atomic E-state index is 13.8. The van der Waals surface area contributed by atoms with E-state index in [4.69, 9.17) is 27.6 Å². The third kappa shape index (κ3) is 8.33. The van der Waals surface area contributed by atoms with Crippen LogP contribution in [0.25, 0.3) is 16.8 Å². The number of nitrogens with zero attached hydrogens (tertiary/aromatic N) is 3. The molecule has 0 atom stereocenters. The van der Waals surface area contributed by atoms with Gasteiger partial charge in [-0.3, -0.25) is 14.2 Å². The van der Waals surface area contributed by atoms with Gasteiger partial charge < -0.3 is 9.73 Å². The van der Waals surface area contributed by atoms with Crippen LogP contribution in [0.2, 0.25) is 10.0 Å². The highest BCUT2D eigenvalue weighted by molar-refractivity contribution is 7.90. The van der Waals surface area contributed by atoms with Crippen LogP contribution >= 0.6 is 23.2 Å². The van der Waals surface area contributed by atoms with Crippen molar-refractivity contribution in [3.05, 3.63) is 117 Å². The fourth-order valence-corrected chi connectivity index (χ4v) is 6.74. The Morgan fingerprint density at radius 1 is 0.918 bits per heavy atom. The monoisotopic (exact) mass is 723 g/mol. The average molecular weight is 725 g/mol. The number of furan rings is 1. The molecule has 3 aromatic carbocycles. The molecule has 49 heavy (non-hydrogen) atoms. The number of aryl methyl sites for hydroxylation is 1. The molecule has 256 valence electrons. The van der Waals surface area contributed by atoms with E-state index in [0.29, 0.717) is 46.2 Å². The molecule has 0 radical (unpaired) electrons. The summed E-state index contributed by atoms with van der Waals surface area (Å²) in [5.74, 6) is -0.847. The first-order valence-electron chi connectivity index (χ1n) is 15.8. The van der Waals surface area contributed by atoms with Gasteiger partial charge in [0.1, 0.15) is 5.82 Å². The number of halogens is 2. The summed E-state index contributed by atoms with van der Waals surface area (Å²) in [5, 5.41) is 7.81. The topological polar surface area (TPSA) is 145 Å². The normalized spacial score (nSPS) is 11.4. The molecule has 0 aliphatic rings. The van der Waals surface area contributed by atoms with E-state index in [9.17, 15) is 22.8 Å². The number of hydrogen-bond acceptors (Lipinski definition) is 7. The fraction of sp³-hybridized carbons (Fsp3) is 0.257. The summed E-state index contributed by atoms with van der Waals surface area (Å²) >= 11 is 12.5. The minimum absolute atomic E-state index is 0.0120. The van der Waals surface area contributed by atoms with Gasteiger partial charge in [-0.15, -0.1) is 5.10 Å². The summed E-state index contributed by atoms with van der Waals surface area (Å²) in [6.45, 7) is 4.26. The molecule has 0 aliphatic carbocycles. The third-order valence-electron chi connectivity index (χ3n) is 7.74. The lowest BCUT2D eigenvalue weighted by atomic mass is 10.0. The first-order chi connectivity index (χ1) is 23.5. The second-order valence-electron chi connectivity index (χ2n) is 11.3. The fourth-order valence-electron chi connectivity index (χ4n) is 5.18. The molecule has 0 saturated carbocycles. The van der Waals surface area contributed by atoms with Gasteiger partial charge in [0.25, 0.3) is 10.0 Å². The van der Waals surface area contributed by atoms with Crippen LogP contribution in [0.3, 0.4) is 0 Å². The first kappa shape index (κ1) is 35.7. The molecule has 2 amide bonds. The minimum atomic E-state index is -4.31. The van der Waals surface area contributed by atoms with Crippen molar-refractivity contribution in [2.45, 2.75) is 63.8 Å². The zero-order valence-electron chi connectivity index (χ0n) is 26.9. The molecule has 0 fully saturated rings. The standard InChI is InChI=1S/C35H35Cl2N5O6S/c1-3-5-11-31-39-42(29-21-25(17-18-27(29)36)38-32(43)12-6-4-2)35(45)41(31)22-23-13-15-24(16-14-23)26-9-7-8-10-30(26)49(46,47)40-34(44)33-28(37)19-20-48-33/h7-10,13-21H,3-6,11-12,22H2,1-2H3,(H,38,43)(H,40,44). The molecular weight excluding hydrogens is 689 g/mol. The zero-order chi connectivity index (χ0) is 35.1. The Morgan fingerprint density at radius 3 is 2.35 bits per heavy atom. The summed E-state index contributed by atoms with van der Waals surface area (Å²) in [6.07, 6.45) is 5.51. The van der Waals surface area contributed by atoms with E-state index in [1.165, 1.54) is 23.1 Å². The number of carbonyl (C=O) groups excluding carboxylic acids is 2. The first-order valence-corrected chi connectivity index (χ1v) is 18.0. The Labute approximate surface area is 293 Å². The van der Waals surface area contributed by atoms with Crippen LogP contribution < -0.4 is 15.7 Å². The summed E-state index contributed by atoms with van der Waals surface area (Å²) in [7, 11) is -4.31. The maximum absolute atomic E-state index is 13.8. The summed E-state index contributed by atoms with van der Waals surface area (Å²) in [5.41, 5.74) is 2.19. The van der Waals surface area contributed by atoms with Crippen molar-refractivity contribution in [2.24, 2.45) is 0 Å². The predicted octanol–water partition coefficient (Wildman–Crippen LogP) is 7.24. The van der Waals surface area contributed by atoms with Crippen LogP contribution in [-0.2, 0) is 27.8 Å². The lowest BCUT2D eigenvalue weighted by Gasteiger charge is -2.12. The van der Waals surface area contributed by atoms with Crippen LogP contribution in [0.15, 0.2) is 93.2 Å². The molecule has 0 spiro atoms. The van der Waals surface area contributed by atoms with Crippen molar-refractivity contribution in [2.75, 3.05) is 5.32 Å². The number of sulfonamides is 1. The lowest BCUT2D eigenvalue weighted by Crippen LogP contribution is -2.30. The second kappa shape index (κ2) is 15.7. The number of benzene rings is 3. The van der Waals surface area contributed by atoms with E-state index >= 15 is 0 Å². The number of nitrogens with one attached hydrogen (secondary N) is 2. The third-order valence-corrected chi connectivity index (χ3v) is 9.75. The molecule has 0 aliphatic heterocycles. The summed E-state index contributed by atoms with van der Waals surface area (Å²) < 4.78 is 36.4. The van der Waals surface area contributed by atoms with Gasteiger partial charge >= 0.3 is 11.6 Å². The number of amides is 2. The predicted molar refractivity (Wildman–Crippen MR) is 189 cm³/mol. The Hall–Kier alpha value is -4.65. The van der Waals surface area contributed by atoms with Gasteiger partial charge in [0.2, 0.25) is 11.7 Å². The van der Waals surface area contributed by atoms with Crippen LogP contribution in [0.5, 0.6) is 0 Å². The van der Waals surface area contributed by atoms with Crippen LogP contribution in [-0.4, -0.2) is 34.6 Å². The molecule has 5 aromatic rings. The van der Waals surface area contributed by atoms with Crippen molar-refractivity contribution in [1.29, 1.82) is 0 Å². The van der Waals surface area contributed by atoms with Crippen LogP contribution in [0, 0.1) is 0 Å². The maximum Gasteiger partial charge on any atom is 0.351 e. The number of rotatable bonds is 14. The van der Waals surface area contributed by atoms with Crippen molar-refractivity contribution in [3.8, 4) is 16.8 Å². The Morgan fingerprint density at radius 2 is 1.65 bits per heavy atom. The van der Waals surface area contributed by atoms with E-state index in [1.54, 1.807) is 65.2 Å². The van der Waals surface area contributed by atoms with Crippen molar-refractivity contribution >= 4 is 50.7 Å². The van der Waals surface area contributed by atoms with Crippen LogP contribution in [0.4, 0.5) is 5.69 Å². The number of unbranched alkanes of at least 4 members (excludes halogenated alkanes) is 2. The number of carbonyl (C=O) groups is 2. The molecule has 14 heteroatoms. The molecule has 0 unspecified atom stereocenters. The van der Waals surface area contributed by atoms with Gasteiger partial charge in [-0.2, -0.15) is 4.68 Å². The highest BCUT2D eigenvalue weighted by Crippen LogP contribution is 2.29. The Kier molecular flexibility index (Phi) is 11.4. The second-order valence-corrected chi connectivity index (χ2v) is 13.8. The number of anilines is 1. The SMILES string of the molecule is CCCCC(=O)Nc1ccc(Cl)c(-n2nc(CCCC)n(Cc3ccc(-c4ccccc4S(=O)(=O)NC(=O)c4occc4Cl)cc3)c2=O)c1. The van der Waals surface area contributed by atoms with E-state index < -0.39 is 21.6 Å². The molecule has 5 rings (SSSR count). The Balaban J connectivity index is 1.42. The van der Waals surface area contributed by atoms with E-state index in [0.717, 1.165) is 31.2 Å². The minimum Gasteiger partial charge on any atom is -0.458 e. The summed E-state index contributed by atoms with van der Waals surface area (Å²) in [4.78, 5) is 38.6. The van der Waals surface area contributed by atoms with Crippen molar-refractivity contribution < 1.29 is 22.4 Å². The summed E-state index contributed by atoms with van der Waals surface area (Å²) in [6, 6.07) is 19.7.